The highest BCUT2D eigenvalue weighted by molar-refractivity contribution is 5.63. The zero-order valence-corrected chi connectivity index (χ0v) is 7.85. The molecular formula is C12H12N2. The van der Waals surface area contributed by atoms with E-state index in [0.717, 1.165) is 5.56 Å². The number of aromatic nitrogens is 1. The molecule has 1 aromatic heterocycles. The lowest BCUT2D eigenvalue weighted by atomic mass is 10.0. The van der Waals surface area contributed by atoms with E-state index in [1.807, 2.05) is 24.3 Å². The highest BCUT2D eigenvalue weighted by Gasteiger charge is 1.96. The lowest BCUT2D eigenvalue weighted by Crippen LogP contribution is -1.95. The maximum absolute atomic E-state index is 5.58. The van der Waals surface area contributed by atoms with Gasteiger partial charge in [0.05, 0.1) is 0 Å². The van der Waals surface area contributed by atoms with E-state index in [2.05, 4.69) is 17.1 Å². The van der Waals surface area contributed by atoms with E-state index >= 15 is 0 Å². The number of nitrogens with zero attached hydrogens (tertiary/aromatic N) is 1. The summed E-state index contributed by atoms with van der Waals surface area (Å²) in [5.41, 5.74) is 9.10. The third-order valence-corrected chi connectivity index (χ3v) is 2.18. The smallest absolute Gasteiger partial charge is 0.0273 e. The van der Waals surface area contributed by atoms with E-state index in [-0.39, 0.29) is 0 Å². The fraction of sp³-hybridized carbons (Fsp3) is 0.0833. The fourth-order valence-corrected chi connectivity index (χ4v) is 1.42. The lowest BCUT2D eigenvalue weighted by molar-refractivity contribution is 1.07. The van der Waals surface area contributed by atoms with Crippen molar-refractivity contribution in [2.24, 2.45) is 5.73 Å². The van der Waals surface area contributed by atoms with E-state index in [4.69, 9.17) is 5.73 Å². The Hall–Kier alpha value is -1.67. The van der Waals surface area contributed by atoms with Crippen LogP contribution in [0.1, 0.15) is 5.56 Å². The standard InChI is InChI=1S/C12H12N2/c13-9-10-2-1-3-12(8-10)11-4-6-14-7-5-11/h1-8H,9,13H2. The molecule has 0 aliphatic carbocycles. The Balaban J connectivity index is 2.42. The van der Waals surface area contributed by atoms with Crippen molar-refractivity contribution >= 4 is 0 Å². The number of benzene rings is 1. The molecule has 1 aromatic carbocycles. The van der Waals surface area contributed by atoms with Crippen LogP contribution in [0.2, 0.25) is 0 Å². The molecule has 0 aliphatic rings. The van der Waals surface area contributed by atoms with Crippen LogP contribution in [0.5, 0.6) is 0 Å². The van der Waals surface area contributed by atoms with Gasteiger partial charge in [-0.05, 0) is 34.9 Å². The molecule has 0 aliphatic heterocycles. The third-order valence-electron chi connectivity index (χ3n) is 2.18. The predicted octanol–water partition coefficient (Wildman–Crippen LogP) is 2.21. The van der Waals surface area contributed by atoms with Crippen LogP contribution in [0.15, 0.2) is 48.8 Å². The van der Waals surface area contributed by atoms with Crippen LogP contribution in [0.4, 0.5) is 0 Å². The first kappa shape index (κ1) is 8.91. The van der Waals surface area contributed by atoms with Crippen molar-refractivity contribution < 1.29 is 0 Å². The minimum Gasteiger partial charge on any atom is -0.326 e. The Kier molecular flexibility index (Phi) is 2.56. The molecule has 0 unspecified atom stereocenters. The molecule has 1 heterocycles. The van der Waals surface area contributed by atoms with Crippen LogP contribution in [0.25, 0.3) is 11.1 Å². The topological polar surface area (TPSA) is 38.9 Å². The molecule has 0 radical (unpaired) electrons. The number of pyridine rings is 1. The lowest BCUT2D eigenvalue weighted by Gasteiger charge is -2.02. The zero-order chi connectivity index (χ0) is 9.80. The molecule has 2 heteroatoms. The number of hydrogen-bond acceptors (Lipinski definition) is 2. The molecule has 0 spiro atoms. The summed E-state index contributed by atoms with van der Waals surface area (Å²) in [7, 11) is 0. The second kappa shape index (κ2) is 4.03. The molecule has 2 N–H and O–H groups in total. The first-order valence-electron chi connectivity index (χ1n) is 4.59. The summed E-state index contributed by atoms with van der Waals surface area (Å²) >= 11 is 0. The number of hydrogen-bond donors (Lipinski definition) is 1. The molecule has 0 saturated carbocycles. The Morgan fingerprint density at radius 1 is 1.00 bits per heavy atom. The summed E-state index contributed by atoms with van der Waals surface area (Å²) in [4.78, 5) is 3.99. The van der Waals surface area contributed by atoms with Gasteiger partial charge in [-0.1, -0.05) is 18.2 Å². The van der Waals surface area contributed by atoms with Gasteiger partial charge in [0, 0.05) is 18.9 Å². The molecule has 0 atom stereocenters. The van der Waals surface area contributed by atoms with Crippen LogP contribution in [0, 0.1) is 0 Å². The minimum atomic E-state index is 0.582. The zero-order valence-electron chi connectivity index (χ0n) is 7.85. The molecule has 0 saturated heterocycles. The first-order valence-corrected chi connectivity index (χ1v) is 4.59. The quantitative estimate of drug-likeness (QED) is 0.777. The second-order valence-electron chi connectivity index (χ2n) is 3.14. The van der Waals surface area contributed by atoms with Crippen LogP contribution in [-0.2, 0) is 6.54 Å². The molecule has 0 fully saturated rings. The molecule has 14 heavy (non-hydrogen) atoms. The molecule has 0 bridgehead atoms. The summed E-state index contributed by atoms with van der Waals surface area (Å²) in [5, 5.41) is 0. The van der Waals surface area contributed by atoms with Crippen molar-refractivity contribution in [1.29, 1.82) is 0 Å². The summed E-state index contributed by atoms with van der Waals surface area (Å²) in [6.07, 6.45) is 3.59. The third kappa shape index (κ3) is 1.80. The number of nitrogens with two attached hydrogens (primary N) is 1. The van der Waals surface area contributed by atoms with Gasteiger partial charge >= 0.3 is 0 Å². The molecule has 2 aromatic rings. The van der Waals surface area contributed by atoms with Crippen molar-refractivity contribution in [1.82, 2.24) is 4.98 Å². The van der Waals surface area contributed by atoms with Crippen LogP contribution >= 0.6 is 0 Å². The van der Waals surface area contributed by atoms with Gasteiger partial charge in [0.1, 0.15) is 0 Å². The van der Waals surface area contributed by atoms with Gasteiger partial charge in [-0.25, -0.2) is 0 Å². The van der Waals surface area contributed by atoms with Gasteiger partial charge in [-0.2, -0.15) is 0 Å². The van der Waals surface area contributed by atoms with Crippen molar-refractivity contribution in [3.63, 3.8) is 0 Å². The van der Waals surface area contributed by atoms with E-state index in [9.17, 15) is 0 Å². The van der Waals surface area contributed by atoms with Gasteiger partial charge in [0.2, 0.25) is 0 Å². The van der Waals surface area contributed by atoms with E-state index in [0.29, 0.717) is 6.54 Å². The van der Waals surface area contributed by atoms with E-state index in [1.54, 1.807) is 12.4 Å². The monoisotopic (exact) mass is 184 g/mol. The highest BCUT2D eigenvalue weighted by atomic mass is 14.6. The van der Waals surface area contributed by atoms with Crippen LogP contribution < -0.4 is 5.73 Å². The largest absolute Gasteiger partial charge is 0.326 e. The normalized spacial score (nSPS) is 10.1. The Labute approximate surface area is 83.4 Å². The van der Waals surface area contributed by atoms with E-state index < -0.39 is 0 Å². The molecule has 70 valence electrons. The van der Waals surface area contributed by atoms with Gasteiger partial charge in [-0.3, -0.25) is 4.98 Å². The van der Waals surface area contributed by atoms with Crippen molar-refractivity contribution in [3.05, 3.63) is 54.4 Å². The summed E-state index contributed by atoms with van der Waals surface area (Å²) in [6, 6.07) is 12.2. The highest BCUT2D eigenvalue weighted by Crippen LogP contribution is 2.18. The van der Waals surface area contributed by atoms with Gasteiger partial charge < -0.3 is 5.73 Å². The molecule has 2 nitrogen and oxygen atoms in total. The predicted molar refractivity (Wildman–Crippen MR) is 57.6 cm³/mol. The Bertz CT molecular complexity index is 410. The van der Waals surface area contributed by atoms with Gasteiger partial charge in [0.15, 0.2) is 0 Å². The molecular weight excluding hydrogens is 172 g/mol. The van der Waals surface area contributed by atoms with Crippen molar-refractivity contribution in [3.8, 4) is 11.1 Å². The summed E-state index contributed by atoms with van der Waals surface area (Å²) in [6.45, 7) is 0.582. The van der Waals surface area contributed by atoms with Gasteiger partial charge in [-0.15, -0.1) is 0 Å². The maximum Gasteiger partial charge on any atom is 0.0273 e. The molecule has 2 rings (SSSR count). The average Bonchev–Trinajstić information content (AvgIpc) is 2.30. The summed E-state index contributed by atoms with van der Waals surface area (Å²) in [5.74, 6) is 0. The number of rotatable bonds is 2. The first-order chi connectivity index (χ1) is 6.90. The van der Waals surface area contributed by atoms with Crippen molar-refractivity contribution in [2.45, 2.75) is 6.54 Å². The van der Waals surface area contributed by atoms with Gasteiger partial charge in [0.25, 0.3) is 0 Å². The van der Waals surface area contributed by atoms with Crippen molar-refractivity contribution in [2.75, 3.05) is 0 Å². The van der Waals surface area contributed by atoms with Crippen LogP contribution in [-0.4, -0.2) is 4.98 Å². The van der Waals surface area contributed by atoms with E-state index in [1.165, 1.54) is 11.1 Å². The average molecular weight is 184 g/mol. The fourth-order valence-electron chi connectivity index (χ4n) is 1.42. The van der Waals surface area contributed by atoms with Crippen LogP contribution in [0.3, 0.4) is 0 Å². The molecule has 0 amide bonds. The maximum atomic E-state index is 5.58. The minimum absolute atomic E-state index is 0.582. The summed E-state index contributed by atoms with van der Waals surface area (Å²) < 4.78 is 0. The Morgan fingerprint density at radius 3 is 2.50 bits per heavy atom. The SMILES string of the molecule is NCc1cccc(-c2ccncc2)c1. The second-order valence-corrected chi connectivity index (χ2v) is 3.14. The Morgan fingerprint density at radius 2 is 1.79 bits per heavy atom.